The Morgan fingerprint density at radius 3 is 2.65 bits per heavy atom. The third-order valence-corrected chi connectivity index (χ3v) is 3.80. The van der Waals surface area contributed by atoms with Crippen LogP contribution in [0.25, 0.3) is 6.08 Å². The molecule has 0 saturated carbocycles. The molecule has 0 fully saturated rings. The van der Waals surface area contributed by atoms with Gasteiger partial charge < -0.3 is 5.32 Å². The van der Waals surface area contributed by atoms with E-state index in [9.17, 15) is 4.39 Å². The molecule has 2 heteroatoms. The Bertz CT molecular complexity index is 631. The normalized spacial score (nSPS) is 15.2. The Morgan fingerprint density at radius 2 is 1.85 bits per heavy atom. The number of nitrogens with one attached hydrogen (secondary N) is 1. The first-order valence-electron chi connectivity index (χ1n) is 7.03. The Labute approximate surface area is 119 Å². The lowest BCUT2D eigenvalue weighted by Gasteiger charge is -2.22. The number of halogens is 1. The Balaban J connectivity index is 1.79. The second-order valence-corrected chi connectivity index (χ2v) is 5.29. The van der Waals surface area contributed by atoms with E-state index < -0.39 is 0 Å². The summed E-state index contributed by atoms with van der Waals surface area (Å²) in [5.41, 5.74) is 4.67. The van der Waals surface area contributed by atoms with E-state index >= 15 is 0 Å². The van der Waals surface area contributed by atoms with Gasteiger partial charge in [-0.2, -0.15) is 0 Å². The topological polar surface area (TPSA) is 12.0 Å². The van der Waals surface area contributed by atoms with Crippen molar-refractivity contribution in [2.75, 3.05) is 0 Å². The minimum absolute atomic E-state index is 0.169. The van der Waals surface area contributed by atoms with E-state index in [1.165, 1.54) is 22.9 Å². The minimum Gasteiger partial charge on any atom is -0.382 e. The van der Waals surface area contributed by atoms with E-state index in [1.54, 1.807) is 6.07 Å². The fraction of sp³-hybridized carbons (Fsp3) is 0.222. The van der Waals surface area contributed by atoms with Gasteiger partial charge in [0.05, 0.1) is 0 Å². The van der Waals surface area contributed by atoms with Crippen LogP contribution in [0.5, 0.6) is 0 Å². The summed E-state index contributed by atoms with van der Waals surface area (Å²) in [5.74, 6) is -0.169. The van der Waals surface area contributed by atoms with Gasteiger partial charge in [-0.05, 0) is 54.7 Å². The molecule has 102 valence electrons. The van der Waals surface area contributed by atoms with Crippen LogP contribution in [0, 0.1) is 5.82 Å². The molecule has 3 rings (SSSR count). The maximum Gasteiger partial charge on any atom is 0.123 e. The summed E-state index contributed by atoms with van der Waals surface area (Å²) in [5, 5.41) is 3.53. The van der Waals surface area contributed by atoms with Crippen molar-refractivity contribution in [3.63, 3.8) is 0 Å². The quantitative estimate of drug-likeness (QED) is 0.865. The Hall–Kier alpha value is -2.09. The molecular weight excluding hydrogens is 249 g/mol. The van der Waals surface area contributed by atoms with Gasteiger partial charge >= 0.3 is 0 Å². The molecule has 0 unspecified atom stereocenters. The maximum atomic E-state index is 13.3. The lowest BCUT2D eigenvalue weighted by atomic mass is 9.94. The summed E-state index contributed by atoms with van der Waals surface area (Å²) in [4.78, 5) is 0. The number of benzene rings is 2. The van der Waals surface area contributed by atoms with E-state index in [0.29, 0.717) is 0 Å². The monoisotopic (exact) mass is 267 g/mol. The number of hydrogen-bond acceptors (Lipinski definition) is 1. The van der Waals surface area contributed by atoms with E-state index in [1.807, 2.05) is 24.3 Å². The van der Waals surface area contributed by atoms with Crippen LogP contribution in [0.4, 0.5) is 4.39 Å². The van der Waals surface area contributed by atoms with Gasteiger partial charge in [-0.15, -0.1) is 0 Å². The van der Waals surface area contributed by atoms with E-state index in [2.05, 4.69) is 30.4 Å². The van der Waals surface area contributed by atoms with Gasteiger partial charge in [0.2, 0.25) is 0 Å². The second kappa shape index (κ2) is 5.49. The molecule has 0 amide bonds. The lowest BCUT2D eigenvalue weighted by Crippen LogP contribution is -2.20. The van der Waals surface area contributed by atoms with E-state index in [-0.39, 0.29) is 11.9 Å². The molecule has 1 aliphatic carbocycles. The van der Waals surface area contributed by atoms with Gasteiger partial charge in [-0.1, -0.05) is 36.4 Å². The molecule has 0 spiro atoms. The zero-order chi connectivity index (χ0) is 13.9. The van der Waals surface area contributed by atoms with Crippen LogP contribution < -0.4 is 5.32 Å². The molecular formula is C18H18FN. The van der Waals surface area contributed by atoms with Crippen molar-refractivity contribution in [3.05, 3.63) is 76.7 Å². The molecule has 0 bridgehead atoms. The van der Waals surface area contributed by atoms with Crippen LogP contribution in [0.1, 0.15) is 36.1 Å². The second-order valence-electron chi connectivity index (χ2n) is 5.29. The van der Waals surface area contributed by atoms with Gasteiger partial charge in [-0.3, -0.25) is 0 Å². The highest BCUT2D eigenvalue weighted by molar-refractivity contribution is 5.59. The van der Waals surface area contributed by atoms with Gasteiger partial charge in [0.25, 0.3) is 0 Å². The zero-order valence-corrected chi connectivity index (χ0v) is 11.6. The predicted octanol–water partition coefficient (Wildman–Crippen LogP) is 4.46. The summed E-state index contributed by atoms with van der Waals surface area (Å²) in [6.45, 7) is 2.15. The lowest BCUT2D eigenvalue weighted by molar-refractivity contribution is 0.618. The summed E-state index contributed by atoms with van der Waals surface area (Å²) in [7, 11) is 0. The molecule has 0 aromatic heterocycles. The maximum absolute atomic E-state index is 13.3. The van der Waals surface area contributed by atoms with Crippen molar-refractivity contribution in [1.82, 2.24) is 5.32 Å². The van der Waals surface area contributed by atoms with Crippen LogP contribution in [0.2, 0.25) is 0 Å². The van der Waals surface area contributed by atoms with E-state index in [0.717, 1.165) is 18.4 Å². The first-order chi connectivity index (χ1) is 9.72. The third-order valence-electron chi connectivity index (χ3n) is 3.80. The molecule has 1 nitrogen and oxygen atoms in total. The van der Waals surface area contributed by atoms with Gasteiger partial charge in [0.15, 0.2) is 0 Å². The Kier molecular flexibility index (Phi) is 3.55. The summed E-state index contributed by atoms with van der Waals surface area (Å²) >= 11 is 0. The molecule has 20 heavy (non-hydrogen) atoms. The molecule has 0 radical (unpaired) electrons. The number of rotatable bonds is 3. The molecule has 0 aliphatic heterocycles. The molecule has 2 aromatic rings. The predicted molar refractivity (Wildman–Crippen MR) is 80.7 cm³/mol. The van der Waals surface area contributed by atoms with Gasteiger partial charge in [-0.25, -0.2) is 4.39 Å². The molecule has 0 saturated heterocycles. The van der Waals surface area contributed by atoms with Gasteiger partial charge in [0, 0.05) is 11.7 Å². The number of allylic oxidation sites excluding steroid dienone is 1. The molecule has 1 atom stereocenters. The van der Waals surface area contributed by atoms with Crippen LogP contribution >= 0.6 is 0 Å². The number of hydrogen-bond donors (Lipinski definition) is 1. The molecule has 1 N–H and O–H groups in total. The highest BCUT2D eigenvalue weighted by atomic mass is 19.1. The van der Waals surface area contributed by atoms with Crippen LogP contribution in [0.3, 0.4) is 0 Å². The third kappa shape index (κ3) is 2.74. The smallest absolute Gasteiger partial charge is 0.123 e. The van der Waals surface area contributed by atoms with Crippen molar-refractivity contribution in [3.8, 4) is 0 Å². The largest absolute Gasteiger partial charge is 0.382 e. The van der Waals surface area contributed by atoms with Crippen molar-refractivity contribution in [2.45, 2.75) is 25.8 Å². The average molecular weight is 267 g/mol. The van der Waals surface area contributed by atoms with Gasteiger partial charge in [0.1, 0.15) is 5.82 Å². The summed E-state index contributed by atoms with van der Waals surface area (Å²) in [6, 6.07) is 15.7. The SMILES string of the molecule is C[C@@H](NC1=Cc2cc(F)ccc2CC1)c1ccccc1. The summed E-state index contributed by atoms with van der Waals surface area (Å²) < 4.78 is 13.3. The highest BCUT2D eigenvalue weighted by Crippen LogP contribution is 2.25. The standard InChI is InChI=1S/C18H18FN/c1-13(14-5-3-2-4-6-14)20-18-10-8-15-7-9-17(19)11-16(15)12-18/h2-7,9,11-13,20H,8,10H2,1H3/t13-/m1/s1. The molecule has 0 heterocycles. The van der Waals surface area contributed by atoms with Crippen molar-refractivity contribution >= 4 is 6.08 Å². The van der Waals surface area contributed by atoms with Crippen molar-refractivity contribution < 1.29 is 4.39 Å². The summed E-state index contributed by atoms with van der Waals surface area (Å²) in [6.07, 6.45) is 4.02. The van der Waals surface area contributed by atoms with E-state index in [4.69, 9.17) is 0 Å². The average Bonchev–Trinajstić information content (AvgIpc) is 2.47. The highest BCUT2D eigenvalue weighted by Gasteiger charge is 2.13. The fourth-order valence-corrected chi connectivity index (χ4v) is 2.67. The first kappa shape index (κ1) is 12.9. The van der Waals surface area contributed by atoms with Crippen LogP contribution in [0.15, 0.2) is 54.2 Å². The van der Waals surface area contributed by atoms with Crippen molar-refractivity contribution in [1.29, 1.82) is 0 Å². The first-order valence-corrected chi connectivity index (χ1v) is 7.03. The fourth-order valence-electron chi connectivity index (χ4n) is 2.67. The number of fused-ring (bicyclic) bond motifs is 1. The minimum atomic E-state index is -0.169. The zero-order valence-electron chi connectivity index (χ0n) is 11.6. The van der Waals surface area contributed by atoms with Crippen molar-refractivity contribution in [2.24, 2.45) is 0 Å². The molecule has 2 aromatic carbocycles. The Morgan fingerprint density at radius 1 is 1.05 bits per heavy atom. The van der Waals surface area contributed by atoms with Crippen LogP contribution in [-0.2, 0) is 6.42 Å². The molecule has 1 aliphatic rings. The number of aryl methyl sites for hydroxylation is 1. The van der Waals surface area contributed by atoms with Crippen LogP contribution in [-0.4, -0.2) is 0 Å².